The number of benzene rings is 2. The summed E-state index contributed by atoms with van der Waals surface area (Å²) < 4.78 is 25.2. The fourth-order valence-electron chi connectivity index (χ4n) is 2.68. The van der Waals surface area contributed by atoms with Crippen LogP contribution in [-0.2, 0) is 16.4 Å². The molecule has 1 aliphatic heterocycles. The molecule has 0 aromatic heterocycles. The van der Waals surface area contributed by atoms with E-state index in [1.807, 2.05) is 6.07 Å². The first-order valence-electron chi connectivity index (χ1n) is 8.04. The van der Waals surface area contributed by atoms with E-state index in [0.717, 1.165) is 16.3 Å². The van der Waals surface area contributed by atoms with Crippen LogP contribution in [0.15, 0.2) is 47.4 Å². The average Bonchev–Trinajstić information content (AvgIpc) is 2.62. The lowest BCUT2D eigenvalue weighted by Crippen LogP contribution is -2.31. The van der Waals surface area contributed by atoms with Gasteiger partial charge in [0.2, 0.25) is 10.0 Å². The zero-order valence-corrected chi connectivity index (χ0v) is 15.3. The molecule has 2 N–H and O–H groups in total. The molecule has 0 fully saturated rings. The highest BCUT2D eigenvalue weighted by molar-refractivity contribution is 7.89. The predicted octanol–water partition coefficient (Wildman–Crippen LogP) is 1.48. The van der Waals surface area contributed by atoms with E-state index in [1.54, 1.807) is 12.1 Å². The second kappa shape index (κ2) is 6.89. The lowest BCUT2D eigenvalue weighted by Gasteiger charge is -2.17. The molecule has 136 valence electrons. The van der Waals surface area contributed by atoms with Gasteiger partial charge in [0.15, 0.2) is 0 Å². The van der Waals surface area contributed by atoms with Crippen LogP contribution in [0, 0.1) is 0 Å². The first-order chi connectivity index (χ1) is 12.3. The normalized spacial score (nSPS) is 13.9. The topological polar surface area (TPSA) is 95.6 Å². The van der Waals surface area contributed by atoms with Gasteiger partial charge in [-0.25, -0.2) is 12.7 Å². The molecule has 0 saturated carbocycles. The van der Waals surface area contributed by atoms with Gasteiger partial charge < -0.3 is 10.6 Å². The minimum Gasteiger partial charge on any atom is -0.352 e. The Morgan fingerprint density at radius 3 is 2.46 bits per heavy atom. The summed E-state index contributed by atoms with van der Waals surface area (Å²) in [5, 5.41) is 5.50. The lowest BCUT2D eigenvalue weighted by atomic mass is 10.00. The van der Waals surface area contributed by atoms with Gasteiger partial charge in [0, 0.05) is 37.5 Å². The fraction of sp³-hybridized carbons (Fsp3) is 0.222. The number of fused-ring (bicyclic) bond motifs is 1. The second-order valence-electron chi connectivity index (χ2n) is 6.14. The molecule has 0 atom stereocenters. The summed E-state index contributed by atoms with van der Waals surface area (Å²) in [6.45, 7) is 0.611. The van der Waals surface area contributed by atoms with Crippen molar-refractivity contribution < 1.29 is 18.0 Å². The van der Waals surface area contributed by atoms with Crippen LogP contribution in [0.5, 0.6) is 0 Å². The van der Waals surface area contributed by atoms with Crippen LogP contribution in [0.4, 0.5) is 5.69 Å². The molecule has 7 nitrogen and oxygen atoms in total. The quantitative estimate of drug-likeness (QED) is 0.848. The van der Waals surface area contributed by atoms with E-state index in [1.165, 1.54) is 38.4 Å². The summed E-state index contributed by atoms with van der Waals surface area (Å²) in [5.41, 5.74) is 2.34. The zero-order chi connectivity index (χ0) is 18.9. The third-order valence-electron chi connectivity index (χ3n) is 4.19. The highest BCUT2D eigenvalue weighted by Crippen LogP contribution is 2.20. The van der Waals surface area contributed by atoms with Gasteiger partial charge in [-0.15, -0.1) is 0 Å². The third kappa shape index (κ3) is 3.47. The number of carbonyl (C=O) groups excluding carboxylic acids is 2. The molecule has 1 aliphatic rings. The molecule has 2 amide bonds. The molecule has 8 heteroatoms. The van der Waals surface area contributed by atoms with Crippen molar-refractivity contribution in [2.24, 2.45) is 0 Å². The van der Waals surface area contributed by atoms with E-state index in [-0.39, 0.29) is 16.7 Å². The first-order valence-corrected chi connectivity index (χ1v) is 9.48. The molecule has 2 aromatic rings. The Morgan fingerprint density at radius 2 is 1.81 bits per heavy atom. The minimum absolute atomic E-state index is 0.115. The second-order valence-corrected chi connectivity index (χ2v) is 8.30. The summed E-state index contributed by atoms with van der Waals surface area (Å²) in [6.07, 6.45) is 0.761. The maximum Gasteiger partial charge on any atom is 0.255 e. The molecule has 3 rings (SSSR count). The smallest absolute Gasteiger partial charge is 0.255 e. The molecule has 0 spiro atoms. The highest BCUT2D eigenvalue weighted by Gasteiger charge is 2.19. The number of amides is 2. The van der Waals surface area contributed by atoms with Gasteiger partial charge >= 0.3 is 0 Å². The highest BCUT2D eigenvalue weighted by atomic mass is 32.2. The maximum absolute atomic E-state index is 12.4. The van der Waals surface area contributed by atoms with Crippen molar-refractivity contribution in [3.05, 3.63) is 59.2 Å². The molecule has 0 bridgehead atoms. The van der Waals surface area contributed by atoms with Crippen molar-refractivity contribution in [1.82, 2.24) is 9.62 Å². The molecule has 0 aliphatic carbocycles. The molecule has 1 heterocycles. The summed E-state index contributed by atoms with van der Waals surface area (Å²) in [7, 11) is -0.644. The largest absolute Gasteiger partial charge is 0.352 e. The summed E-state index contributed by atoms with van der Waals surface area (Å²) in [5.74, 6) is -0.532. The molecule has 0 radical (unpaired) electrons. The van der Waals surface area contributed by atoms with Crippen molar-refractivity contribution >= 4 is 27.5 Å². The minimum atomic E-state index is -3.54. The van der Waals surface area contributed by atoms with E-state index >= 15 is 0 Å². The van der Waals surface area contributed by atoms with Crippen molar-refractivity contribution in [2.45, 2.75) is 11.3 Å². The molecular formula is C18H19N3O4S. The van der Waals surface area contributed by atoms with Gasteiger partial charge in [-0.1, -0.05) is 6.07 Å². The van der Waals surface area contributed by atoms with Gasteiger partial charge in [-0.05, 0) is 48.4 Å². The lowest BCUT2D eigenvalue weighted by molar-refractivity contribution is 0.0944. The van der Waals surface area contributed by atoms with Gasteiger partial charge in [0.25, 0.3) is 11.8 Å². The fourth-order valence-corrected chi connectivity index (χ4v) is 3.58. The Hall–Kier alpha value is -2.71. The SMILES string of the molecule is CN(C)S(=O)(=O)c1ccc(C(=O)Nc2ccc3c(c2)C(=O)NCC3)cc1. The van der Waals surface area contributed by atoms with Crippen molar-refractivity contribution in [1.29, 1.82) is 0 Å². The van der Waals surface area contributed by atoms with Crippen LogP contribution in [0.1, 0.15) is 26.3 Å². The van der Waals surface area contributed by atoms with Gasteiger partial charge in [-0.3, -0.25) is 9.59 Å². The van der Waals surface area contributed by atoms with Gasteiger partial charge in [0.05, 0.1) is 4.90 Å². The summed E-state index contributed by atoms with van der Waals surface area (Å²) in [6, 6.07) is 10.9. The van der Waals surface area contributed by atoms with Crippen molar-refractivity contribution in [3.63, 3.8) is 0 Å². The number of nitrogens with zero attached hydrogens (tertiary/aromatic N) is 1. The van der Waals surface area contributed by atoms with Gasteiger partial charge in [0.1, 0.15) is 0 Å². The monoisotopic (exact) mass is 373 g/mol. The van der Waals surface area contributed by atoms with E-state index in [2.05, 4.69) is 10.6 Å². The Bertz CT molecular complexity index is 966. The number of sulfonamides is 1. The van der Waals surface area contributed by atoms with Crippen LogP contribution in [-0.4, -0.2) is 45.2 Å². The van der Waals surface area contributed by atoms with Crippen molar-refractivity contribution in [3.8, 4) is 0 Å². The van der Waals surface area contributed by atoms with E-state index < -0.39 is 10.0 Å². The summed E-state index contributed by atoms with van der Waals surface area (Å²) >= 11 is 0. The molecule has 2 aromatic carbocycles. The number of hydrogen-bond acceptors (Lipinski definition) is 4. The average molecular weight is 373 g/mol. The predicted molar refractivity (Wildman–Crippen MR) is 97.7 cm³/mol. The molecule has 0 unspecified atom stereocenters. The van der Waals surface area contributed by atoms with Crippen molar-refractivity contribution in [2.75, 3.05) is 26.0 Å². The number of hydrogen-bond donors (Lipinski definition) is 2. The van der Waals surface area contributed by atoms with Gasteiger partial charge in [-0.2, -0.15) is 0 Å². The number of nitrogens with one attached hydrogen (secondary N) is 2. The third-order valence-corrected chi connectivity index (χ3v) is 6.02. The maximum atomic E-state index is 12.4. The van der Waals surface area contributed by atoms with E-state index in [4.69, 9.17) is 0 Å². The van der Waals surface area contributed by atoms with Crippen LogP contribution >= 0.6 is 0 Å². The first kappa shape index (κ1) is 18.1. The number of rotatable bonds is 4. The zero-order valence-electron chi connectivity index (χ0n) is 14.4. The van der Waals surface area contributed by atoms with Crippen LogP contribution in [0.2, 0.25) is 0 Å². The molecule has 0 saturated heterocycles. The summed E-state index contributed by atoms with van der Waals surface area (Å²) in [4.78, 5) is 24.4. The molecular weight excluding hydrogens is 354 g/mol. The Labute approximate surface area is 152 Å². The Kier molecular flexibility index (Phi) is 4.80. The Balaban J connectivity index is 1.79. The Morgan fingerprint density at radius 1 is 1.12 bits per heavy atom. The standard InChI is InChI=1S/C18H19N3O4S/c1-21(2)26(24,25)15-7-4-13(5-8-15)17(22)20-14-6-3-12-9-10-19-18(23)16(12)11-14/h3-8,11H,9-10H2,1-2H3,(H,19,23)(H,20,22). The number of carbonyl (C=O) groups is 2. The van der Waals surface area contributed by atoms with Crippen LogP contribution in [0.25, 0.3) is 0 Å². The van der Waals surface area contributed by atoms with E-state index in [0.29, 0.717) is 23.4 Å². The number of anilines is 1. The van der Waals surface area contributed by atoms with Crippen LogP contribution in [0.3, 0.4) is 0 Å². The van der Waals surface area contributed by atoms with E-state index in [9.17, 15) is 18.0 Å². The molecule has 26 heavy (non-hydrogen) atoms. The van der Waals surface area contributed by atoms with Crippen LogP contribution < -0.4 is 10.6 Å².